The molecule has 0 radical (unpaired) electrons. The summed E-state index contributed by atoms with van der Waals surface area (Å²) < 4.78 is 16.6. The molecule has 27 heavy (non-hydrogen) atoms. The molecule has 1 saturated heterocycles. The minimum absolute atomic E-state index is 0.199. The van der Waals surface area contributed by atoms with Crippen LogP contribution in [0.4, 0.5) is 0 Å². The fourth-order valence-electron chi connectivity index (χ4n) is 2.00. The Bertz CT molecular complexity index is 823. The second-order valence-corrected chi connectivity index (χ2v) is 7.13. The number of carbonyl (C=O) groups excluding carboxylic acids is 2. The Labute approximate surface area is 174 Å². The molecule has 1 heterocycles. The van der Waals surface area contributed by atoms with Gasteiger partial charge in [-0.1, -0.05) is 0 Å². The molecule has 1 N–H and O–H groups in total. The lowest BCUT2D eigenvalue weighted by Crippen LogP contribution is -2.19. The van der Waals surface area contributed by atoms with Gasteiger partial charge in [0, 0.05) is 6.08 Å². The van der Waals surface area contributed by atoms with Gasteiger partial charge in [0.25, 0.3) is 5.91 Å². The van der Waals surface area contributed by atoms with Crippen molar-refractivity contribution in [3.63, 3.8) is 0 Å². The van der Waals surface area contributed by atoms with Crippen molar-refractivity contribution in [1.82, 2.24) is 5.32 Å². The summed E-state index contributed by atoms with van der Waals surface area (Å²) in [5.41, 5.74) is 0.773. The van der Waals surface area contributed by atoms with Crippen LogP contribution in [-0.4, -0.2) is 43.6 Å². The summed E-state index contributed by atoms with van der Waals surface area (Å²) in [5.74, 6) is 0.297. The number of rotatable bonds is 7. The van der Waals surface area contributed by atoms with E-state index in [2.05, 4.69) is 42.8 Å². The Morgan fingerprint density at radius 1 is 1.30 bits per heavy atom. The smallest absolute Gasteiger partial charge is 0.331 e. The van der Waals surface area contributed by atoms with Gasteiger partial charge < -0.3 is 14.2 Å². The number of thioether (sulfide) groups is 1. The minimum atomic E-state index is -0.607. The van der Waals surface area contributed by atoms with Gasteiger partial charge in [-0.15, -0.1) is 5.10 Å². The number of ether oxygens (including phenoxy) is 3. The number of carbonyl (C=O) groups is 2. The van der Waals surface area contributed by atoms with E-state index in [0.717, 1.165) is 27.0 Å². The van der Waals surface area contributed by atoms with E-state index >= 15 is 0 Å². The maximum absolute atomic E-state index is 11.8. The number of nitrogens with one attached hydrogen (secondary N) is 1. The Kier molecular flexibility index (Phi) is 8.10. The number of benzene rings is 1. The van der Waals surface area contributed by atoms with Crippen LogP contribution in [0.25, 0.3) is 0 Å². The molecule has 1 aliphatic heterocycles. The molecule has 144 valence electrons. The van der Waals surface area contributed by atoms with Gasteiger partial charge in [-0.2, -0.15) is 5.10 Å². The van der Waals surface area contributed by atoms with Crippen molar-refractivity contribution in [3.8, 4) is 11.5 Å². The summed E-state index contributed by atoms with van der Waals surface area (Å²) in [6.45, 7) is 4.86. The molecule has 10 heteroatoms. The van der Waals surface area contributed by atoms with Crippen LogP contribution in [0.5, 0.6) is 11.5 Å². The molecule has 0 spiro atoms. The lowest BCUT2D eigenvalue weighted by molar-refractivity contribution is -0.135. The Morgan fingerprint density at radius 2 is 2.04 bits per heavy atom. The highest BCUT2D eigenvalue weighted by Gasteiger charge is 2.25. The molecule has 1 aromatic carbocycles. The van der Waals surface area contributed by atoms with E-state index in [4.69, 9.17) is 9.47 Å². The van der Waals surface area contributed by atoms with E-state index < -0.39 is 11.9 Å². The van der Waals surface area contributed by atoms with Crippen molar-refractivity contribution in [2.45, 2.75) is 13.8 Å². The van der Waals surface area contributed by atoms with Crippen LogP contribution in [0.3, 0.4) is 0 Å². The summed E-state index contributed by atoms with van der Waals surface area (Å²) >= 11 is 3.18. The number of hydrogen-bond acceptors (Lipinski definition) is 8. The molecule has 1 fully saturated rings. The maximum atomic E-state index is 11.8. The SMILES string of the molecule is CCOc1cc(C=N/N=C2/NC(=O)/C(=C\C(=O)OC)S2)cc(I)c1OCC. The molecule has 2 rings (SSSR count). The quantitative estimate of drug-likeness (QED) is 0.202. The third-order valence-corrected chi connectivity index (χ3v) is 4.78. The second-order valence-electron chi connectivity index (χ2n) is 4.93. The Balaban J connectivity index is 2.16. The molecule has 1 aromatic rings. The first-order valence-electron chi connectivity index (χ1n) is 7.97. The first-order chi connectivity index (χ1) is 13.0. The third kappa shape index (κ3) is 5.96. The number of amides is 1. The first-order valence-corrected chi connectivity index (χ1v) is 9.87. The van der Waals surface area contributed by atoms with E-state index in [9.17, 15) is 9.59 Å². The monoisotopic (exact) mass is 503 g/mol. The van der Waals surface area contributed by atoms with Gasteiger partial charge in [-0.05, 0) is 65.9 Å². The predicted octanol–water partition coefficient (Wildman–Crippen LogP) is 2.70. The lowest BCUT2D eigenvalue weighted by Gasteiger charge is -2.13. The van der Waals surface area contributed by atoms with E-state index in [1.165, 1.54) is 7.11 Å². The van der Waals surface area contributed by atoms with E-state index in [1.807, 2.05) is 26.0 Å². The molecular formula is C17H18IN3O5S. The fraction of sp³-hybridized carbons (Fsp3) is 0.294. The average Bonchev–Trinajstić information content (AvgIpc) is 2.97. The van der Waals surface area contributed by atoms with Crippen LogP contribution in [0.1, 0.15) is 19.4 Å². The van der Waals surface area contributed by atoms with Gasteiger partial charge in [-0.25, -0.2) is 4.79 Å². The number of nitrogens with zero attached hydrogens (tertiary/aromatic N) is 2. The highest BCUT2D eigenvalue weighted by Crippen LogP contribution is 2.34. The summed E-state index contributed by atoms with van der Waals surface area (Å²) in [7, 11) is 1.24. The molecular weight excluding hydrogens is 485 g/mol. The predicted molar refractivity (Wildman–Crippen MR) is 112 cm³/mol. The normalized spacial score (nSPS) is 16.8. The fourth-order valence-corrected chi connectivity index (χ4v) is 3.52. The van der Waals surface area contributed by atoms with Crippen molar-refractivity contribution in [3.05, 3.63) is 32.2 Å². The van der Waals surface area contributed by atoms with Gasteiger partial charge in [0.15, 0.2) is 16.7 Å². The summed E-state index contributed by atoms with van der Waals surface area (Å²) in [6, 6.07) is 3.70. The van der Waals surface area contributed by atoms with Gasteiger partial charge >= 0.3 is 5.97 Å². The zero-order valence-corrected chi connectivity index (χ0v) is 17.9. The van der Waals surface area contributed by atoms with Gasteiger partial charge in [0.1, 0.15) is 0 Å². The largest absolute Gasteiger partial charge is 0.490 e. The minimum Gasteiger partial charge on any atom is -0.490 e. The molecule has 0 atom stereocenters. The van der Waals surface area contributed by atoms with Crippen molar-refractivity contribution in [1.29, 1.82) is 0 Å². The number of hydrogen-bond donors (Lipinski definition) is 1. The van der Waals surface area contributed by atoms with Gasteiger partial charge in [0.05, 0.1) is 35.0 Å². The topological polar surface area (TPSA) is 98.6 Å². The zero-order chi connectivity index (χ0) is 19.8. The zero-order valence-electron chi connectivity index (χ0n) is 14.9. The van der Waals surface area contributed by atoms with Gasteiger partial charge in [-0.3, -0.25) is 10.1 Å². The van der Waals surface area contributed by atoms with Crippen LogP contribution in [0.15, 0.2) is 33.3 Å². The van der Waals surface area contributed by atoms with Crippen LogP contribution in [0, 0.1) is 3.57 Å². The van der Waals surface area contributed by atoms with Crippen molar-refractivity contribution in [2.24, 2.45) is 10.2 Å². The van der Waals surface area contributed by atoms with Crippen LogP contribution < -0.4 is 14.8 Å². The van der Waals surface area contributed by atoms with Crippen molar-refractivity contribution in [2.75, 3.05) is 20.3 Å². The third-order valence-electron chi connectivity index (χ3n) is 3.08. The Morgan fingerprint density at radius 3 is 2.70 bits per heavy atom. The van der Waals surface area contributed by atoms with Crippen LogP contribution in [0.2, 0.25) is 0 Å². The Hall–Kier alpha value is -2.08. The number of esters is 1. The molecule has 0 bridgehead atoms. The average molecular weight is 503 g/mol. The maximum Gasteiger partial charge on any atom is 0.331 e. The van der Waals surface area contributed by atoms with E-state index in [-0.39, 0.29) is 10.1 Å². The summed E-state index contributed by atoms with van der Waals surface area (Å²) in [6.07, 6.45) is 2.65. The molecule has 1 aliphatic rings. The summed E-state index contributed by atoms with van der Waals surface area (Å²) in [4.78, 5) is 23.2. The molecule has 0 aliphatic carbocycles. The van der Waals surface area contributed by atoms with E-state index in [0.29, 0.717) is 24.7 Å². The highest BCUT2D eigenvalue weighted by atomic mass is 127. The molecule has 8 nitrogen and oxygen atoms in total. The number of methoxy groups -OCH3 is 1. The van der Waals surface area contributed by atoms with Gasteiger partial charge in [0.2, 0.25) is 0 Å². The van der Waals surface area contributed by atoms with E-state index in [1.54, 1.807) is 6.21 Å². The molecule has 0 aromatic heterocycles. The standard InChI is InChI=1S/C17H18IN3O5S/c1-4-25-12-7-10(6-11(18)15(12)26-5-2)9-19-21-17-20-16(23)13(27-17)8-14(22)24-3/h6-9H,4-5H2,1-3H3,(H,20,21,23)/b13-8+,19-9?. The number of amidine groups is 1. The second kappa shape index (κ2) is 10.3. The van der Waals surface area contributed by atoms with Crippen molar-refractivity contribution >= 4 is 57.6 Å². The first kappa shape index (κ1) is 21.2. The van der Waals surface area contributed by atoms with Crippen LogP contribution in [-0.2, 0) is 14.3 Å². The molecule has 0 unspecified atom stereocenters. The summed E-state index contributed by atoms with van der Waals surface area (Å²) in [5, 5.41) is 10.8. The molecule has 1 amide bonds. The molecule has 0 saturated carbocycles. The van der Waals surface area contributed by atoms with Crippen LogP contribution >= 0.6 is 34.4 Å². The van der Waals surface area contributed by atoms with Crippen molar-refractivity contribution < 1.29 is 23.8 Å². The highest BCUT2D eigenvalue weighted by molar-refractivity contribution is 14.1. The number of halogens is 1. The lowest BCUT2D eigenvalue weighted by atomic mass is 10.2.